The summed E-state index contributed by atoms with van der Waals surface area (Å²) in [4.78, 5) is 11.9. The molecular formula is C18H20N4O2. The van der Waals surface area contributed by atoms with E-state index in [9.17, 15) is 9.90 Å². The Morgan fingerprint density at radius 1 is 1.21 bits per heavy atom. The lowest BCUT2D eigenvalue weighted by atomic mass is 10.0. The normalized spacial score (nSPS) is 12.1. The Morgan fingerprint density at radius 2 is 2.00 bits per heavy atom. The third-order valence-corrected chi connectivity index (χ3v) is 3.88. The van der Waals surface area contributed by atoms with Gasteiger partial charge in [-0.2, -0.15) is 5.10 Å². The summed E-state index contributed by atoms with van der Waals surface area (Å²) in [6, 6.07) is 13.8. The number of aliphatic hydroxyl groups is 1. The molecule has 0 aliphatic carbocycles. The number of aryl methyl sites for hydroxylation is 1. The number of benzene rings is 2. The highest BCUT2D eigenvalue weighted by molar-refractivity contribution is 5.86. The summed E-state index contributed by atoms with van der Waals surface area (Å²) < 4.78 is 1.61. The molecule has 124 valence electrons. The van der Waals surface area contributed by atoms with Gasteiger partial charge in [0.2, 0.25) is 0 Å². The van der Waals surface area contributed by atoms with Gasteiger partial charge in [-0.3, -0.25) is 4.68 Å². The van der Waals surface area contributed by atoms with E-state index in [1.165, 1.54) is 0 Å². The van der Waals surface area contributed by atoms with Crippen LogP contribution >= 0.6 is 0 Å². The lowest BCUT2D eigenvalue weighted by molar-refractivity contribution is 0.173. The van der Waals surface area contributed by atoms with Crippen LogP contribution in [0.2, 0.25) is 0 Å². The molecule has 0 aliphatic heterocycles. The maximum atomic E-state index is 11.9. The third kappa shape index (κ3) is 3.72. The van der Waals surface area contributed by atoms with Crippen LogP contribution in [0, 0.1) is 0 Å². The Morgan fingerprint density at radius 3 is 2.79 bits per heavy atom. The van der Waals surface area contributed by atoms with Gasteiger partial charge in [0, 0.05) is 31.9 Å². The molecule has 0 aliphatic rings. The van der Waals surface area contributed by atoms with Gasteiger partial charge < -0.3 is 15.7 Å². The number of carbonyl (C=O) groups is 1. The molecule has 24 heavy (non-hydrogen) atoms. The highest BCUT2D eigenvalue weighted by Crippen LogP contribution is 2.18. The van der Waals surface area contributed by atoms with Crippen molar-refractivity contribution >= 4 is 16.8 Å². The average Bonchev–Trinajstić information content (AvgIpc) is 3.04. The number of nitrogens with one attached hydrogen (secondary N) is 2. The molecule has 1 aromatic heterocycles. The van der Waals surface area contributed by atoms with E-state index in [0.29, 0.717) is 12.1 Å². The van der Waals surface area contributed by atoms with Crippen LogP contribution in [0.4, 0.5) is 4.79 Å². The van der Waals surface area contributed by atoms with Crippen LogP contribution < -0.4 is 10.6 Å². The number of nitrogens with zero attached hydrogens (tertiary/aromatic N) is 2. The highest BCUT2D eigenvalue weighted by atomic mass is 16.3. The number of carbonyl (C=O) groups excluding carboxylic acids is 1. The molecular weight excluding hydrogens is 304 g/mol. The summed E-state index contributed by atoms with van der Waals surface area (Å²) >= 11 is 0. The number of hydrogen-bond donors (Lipinski definition) is 3. The summed E-state index contributed by atoms with van der Waals surface area (Å²) in [5.41, 5.74) is 1.72. The molecule has 1 atom stereocenters. The van der Waals surface area contributed by atoms with Gasteiger partial charge in [0.25, 0.3) is 0 Å². The van der Waals surface area contributed by atoms with Crippen molar-refractivity contribution in [1.29, 1.82) is 0 Å². The number of amides is 2. The average molecular weight is 324 g/mol. The summed E-state index contributed by atoms with van der Waals surface area (Å²) in [7, 11) is 1.78. The Labute approximate surface area is 140 Å². The minimum absolute atomic E-state index is 0.132. The third-order valence-electron chi connectivity index (χ3n) is 3.88. The van der Waals surface area contributed by atoms with E-state index in [1.54, 1.807) is 24.1 Å². The maximum absolute atomic E-state index is 11.9. The second-order valence-electron chi connectivity index (χ2n) is 5.66. The Balaban J connectivity index is 1.53. The zero-order valence-electron chi connectivity index (χ0n) is 13.4. The lowest BCUT2D eigenvalue weighted by Gasteiger charge is -2.12. The summed E-state index contributed by atoms with van der Waals surface area (Å²) in [6.07, 6.45) is 2.53. The first-order valence-electron chi connectivity index (χ1n) is 7.78. The summed E-state index contributed by atoms with van der Waals surface area (Å²) in [5, 5.41) is 21.8. The molecule has 1 unspecified atom stereocenters. The van der Waals surface area contributed by atoms with E-state index in [2.05, 4.69) is 15.7 Å². The standard InChI is InChI=1S/C18H20N4O2/c1-22-12-15(10-21-22)17(23)11-20-18(24)19-9-14-7-4-6-13-5-2-3-8-16(13)14/h2-8,10,12,17,23H,9,11H2,1H3,(H2,19,20,24). The summed E-state index contributed by atoms with van der Waals surface area (Å²) in [6.45, 7) is 0.559. The van der Waals surface area contributed by atoms with Crippen LogP contribution in [0.3, 0.4) is 0 Å². The van der Waals surface area contributed by atoms with Crippen molar-refractivity contribution < 1.29 is 9.90 Å². The second kappa shape index (κ2) is 7.14. The Bertz CT molecular complexity index is 838. The molecule has 6 nitrogen and oxygen atoms in total. The van der Waals surface area contributed by atoms with E-state index >= 15 is 0 Å². The second-order valence-corrected chi connectivity index (χ2v) is 5.66. The fourth-order valence-electron chi connectivity index (χ4n) is 2.60. The largest absolute Gasteiger partial charge is 0.386 e. The monoisotopic (exact) mass is 324 g/mol. The zero-order chi connectivity index (χ0) is 16.9. The van der Waals surface area contributed by atoms with Crippen molar-refractivity contribution in [3.05, 3.63) is 66.0 Å². The van der Waals surface area contributed by atoms with Crippen LogP contribution in [-0.2, 0) is 13.6 Å². The molecule has 0 spiro atoms. The SMILES string of the molecule is Cn1cc(C(O)CNC(=O)NCc2cccc3ccccc23)cn1. The smallest absolute Gasteiger partial charge is 0.315 e. The van der Waals surface area contributed by atoms with Crippen LogP contribution in [0.15, 0.2) is 54.9 Å². The van der Waals surface area contributed by atoms with Gasteiger partial charge in [-0.05, 0) is 16.3 Å². The lowest BCUT2D eigenvalue weighted by Crippen LogP contribution is -2.37. The molecule has 3 rings (SSSR count). The molecule has 2 amide bonds. The minimum Gasteiger partial charge on any atom is -0.386 e. The van der Waals surface area contributed by atoms with E-state index in [4.69, 9.17) is 0 Å². The van der Waals surface area contributed by atoms with Gasteiger partial charge in [0.05, 0.1) is 12.3 Å². The number of urea groups is 1. The number of hydrogen-bond acceptors (Lipinski definition) is 3. The molecule has 3 N–H and O–H groups in total. The topological polar surface area (TPSA) is 79.2 Å². The van der Waals surface area contributed by atoms with Gasteiger partial charge in [0.15, 0.2) is 0 Å². The number of aromatic nitrogens is 2. The van der Waals surface area contributed by atoms with Gasteiger partial charge in [-0.15, -0.1) is 0 Å². The van der Waals surface area contributed by atoms with Crippen molar-refractivity contribution in [2.24, 2.45) is 7.05 Å². The van der Waals surface area contributed by atoms with E-state index < -0.39 is 6.10 Å². The molecule has 0 radical (unpaired) electrons. The van der Waals surface area contributed by atoms with Crippen molar-refractivity contribution in [3.63, 3.8) is 0 Å². The van der Waals surface area contributed by atoms with E-state index in [0.717, 1.165) is 16.3 Å². The van der Waals surface area contributed by atoms with Crippen LogP contribution in [0.1, 0.15) is 17.2 Å². The first-order chi connectivity index (χ1) is 11.6. The van der Waals surface area contributed by atoms with Gasteiger partial charge in [-0.1, -0.05) is 42.5 Å². The molecule has 2 aromatic carbocycles. The van der Waals surface area contributed by atoms with Crippen molar-refractivity contribution in [3.8, 4) is 0 Å². The van der Waals surface area contributed by atoms with Gasteiger partial charge >= 0.3 is 6.03 Å². The molecule has 6 heteroatoms. The van der Waals surface area contributed by atoms with E-state index in [-0.39, 0.29) is 12.6 Å². The molecule has 1 heterocycles. The maximum Gasteiger partial charge on any atom is 0.315 e. The van der Waals surface area contributed by atoms with Gasteiger partial charge in [-0.25, -0.2) is 4.79 Å². The fourth-order valence-corrected chi connectivity index (χ4v) is 2.60. The molecule has 3 aromatic rings. The van der Waals surface area contributed by atoms with Crippen LogP contribution in [0.25, 0.3) is 10.8 Å². The van der Waals surface area contributed by atoms with Crippen LogP contribution in [0.5, 0.6) is 0 Å². The van der Waals surface area contributed by atoms with Crippen molar-refractivity contribution in [1.82, 2.24) is 20.4 Å². The first-order valence-corrected chi connectivity index (χ1v) is 7.78. The van der Waals surface area contributed by atoms with Gasteiger partial charge in [0.1, 0.15) is 0 Å². The molecule has 0 saturated carbocycles. The minimum atomic E-state index is -0.776. The number of fused-ring (bicyclic) bond motifs is 1. The molecule has 0 saturated heterocycles. The molecule has 0 fully saturated rings. The molecule has 0 bridgehead atoms. The number of rotatable bonds is 5. The van der Waals surface area contributed by atoms with Crippen molar-refractivity contribution in [2.75, 3.05) is 6.54 Å². The predicted octanol–water partition coefficient (Wildman–Crippen LogP) is 2.11. The highest BCUT2D eigenvalue weighted by Gasteiger charge is 2.11. The van der Waals surface area contributed by atoms with E-state index in [1.807, 2.05) is 42.5 Å². The summed E-state index contributed by atoms with van der Waals surface area (Å²) in [5.74, 6) is 0. The Hall–Kier alpha value is -2.86. The Kier molecular flexibility index (Phi) is 4.77. The first kappa shape index (κ1) is 16.0. The van der Waals surface area contributed by atoms with Crippen LogP contribution in [-0.4, -0.2) is 27.5 Å². The fraction of sp³-hybridized carbons (Fsp3) is 0.222. The number of aliphatic hydroxyl groups excluding tert-OH is 1. The zero-order valence-corrected chi connectivity index (χ0v) is 13.4. The quantitative estimate of drug-likeness (QED) is 0.672. The van der Waals surface area contributed by atoms with Crippen molar-refractivity contribution in [2.45, 2.75) is 12.6 Å². The predicted molar refractivity (Wildman–Crippen MR) is 92.4 cm³/mol.